The zero-order valence-electron chi connectivity index (χ0n) is 11.7. The third-order valence-electron chi connectivity index (χ3n) is 3.19. The number of aryl methyl sites for hydroxylation is 3. The molecule has 0 fully saturated rings. The number of benzene rings is 1. The van der Waals surface area contributed by atoms with Crippen LogP contribution in [0.3, 0.4) is 0 Å². The second-order valence-corrected chi connectivity index (χ2v) is 5.01. The van der Waals surface area contributed by atoms with Crippen LogP contribution in [-0.2, 0) is 24.2 Å². The van der Waals surface area contributed by atoms with Gasteiger partial charge in [0.2, 0.25) is 0 Å². The van der Waals surface area contributed by atoms with E-state index >= 15 is 0 Å². The molecule has 0 amide bonds. The summed E-state index contributed by atoms with van der Waals surface area (Å²) in [5.41, 5.74) is 2.45. The molecule has 1 aromatic heterocycles. The van der Waals surface area contributed by atoms with E-state index in [0.717, 1.165) is 12.2 Å². The molecule has 0 aliphatic heterocycles. The van der Waals surface area contributed by atoms with Gasteiger partial charge in [-0.1, -0.05) is 36.8 Å². The normalized spacial score (nSPS) is 12.3. The van der Waals surface area contributed by atoms with E-state index in [0.29, 0.717) is 13.0 Å². The van der Waals surface area contributed by atoms with Crippen molar-refractivity contribution in [3.63, 3.8) is 0 Å². The first kappa shape index (κ1) is 14.2. The van der Waals surface area contributed by atoms with Gasteiger partial charge in [0.05, 0.1) is 12.5 Å². The van der Waals surface area contributed by atoms with Gasteiger partial charge in [-0.3, -0.25) is 4.79 Å². The van der Waals surface area contributed by atoms with Crippen LogP contribution in [-0.4, -0.2) is 31.3 Å². The Morgan fingerprint density at radius 2 is 2.20 bits per heavy atom. The van der Waals surface area contributed by atoms with Gasteiger partial charge in [0.1, 0.15) is 0 Å². The molecule has 6 heteroatoms. The first-order valence-electron chi connectivity index (χ1n) is 6.59. The van der Waals surface area contributed by atoms with E-state index in [1.807, 2.05) is 6.07 Å². The van der Waals surface area contributed by atoms with Crippen molar-refractivity contribution in [2.45, 2.75) is 33.2 Å². The summed E-state index contributed by atoms with van der Waals surface area (Å²) in [5.74, 6) is -0.624. The molecule has 1 unspecified atom stereocenters. The molecular weight excluding hydrogens is 256 g/mol. The van der Waals surface area contributed by atoms with E-state index in [1.165, 1.54) is 11.1 Å². The van der Waals surface area contributed by atoms with E-state index in [9.17, 15) is 4.79 Å². The molecule has 2 aromatic rings. The summed E-state index contributed by atoms with van der Waals surface area (Å²) in [6.45, 7) is 4.00. The van der Waals surface area contributed by atoms with Gasteiger partial charge in [0.25, 0.3) is 0 Å². The molecule has 0 spiro atoms. The fraction of sp³-hybridized carbons (Fsp3) is 0.429. The van der Waals surface area contributed by atoms with Gasteiger partial charge in [-0.25, -0.2) is 4.68 Å². The summed E-state index contributed by atoms with van der Waals surface area (Å²) in [4.78, 5) is 10.9. The monoisotopic (exact) mass is 274 g/mol. The molecule has 0 radical (unpaired) electrons. The van der Waals surface area contributed by atoms with Gasteiger partial charge in [-0.05, 0) is 29.3 Å². The van der Waals surface area contributed by atoms with Crippen molar-refractivity contribution < 1.29 is 9.90 Å². The molecule has 20 heavy (non-hydrogen) atoms. The van der Waals surface area contributed by atoms with Crippen molar-refractivity contribution >= 4 is 5.97 Å². The molecule has 0 saturated carbocycles. The zero-order chi connectivity index (χ0) is 14.5. The average Bonchev–Trinajstić information content (AvgIpc) is 2.83. The summed E-state index contributed by atoms with van der Waals surface area (Å²) in [6, 6.07) is 8.29. The molecule has 1 aromatic carbocycles. The highest BCUT2D eigenvalue weighted by Gasteiger charge is 2.15. The molecule has 0 bridgehead atoms. The predicted octanol–water partition coefficient (Wildman–Crippen LogP) is 1.49. The van der Waals surface area contributed by atoms with Gasteiger partial charge < -0.3 is 5.11 Å². The Morgan fingerprint density at radius 3 is 2.90 bits per heavy atom. The lowest BCUT2D eigenvalue weighted by Gasteiger charge is -2.08. The highest BCUT2D eigenvalue weighted by atomic mass is 16.4. The van der Waals surface area contributed by atoms with Crippen molar-refractivity contribution in [2.24, 2.45) is 5.92 Å². The van der Waals surface area contributed by atoms with Crippen molar-refractivity contribution in [3.8, 4) is 0 Å². The minimum absolute atomic E-state index is 0.297. The molecule has 2 rings (SSSR count). The zero-order valence-corrected chi connectivity index (χ0v) is 11.7. The Bertz CT molecular complexity index is 594. The van der Waals surface area contributed by atoms with E-state index in [4.69, 9.17) is 5.11 Å². The third-order valence-corrected chi connectivity index (χ3v) is 3.19. The molecule has 6 nitrogen and oxygen atoms in total. The fourth-order valence-corrected chi connectivity index (χ4v) is 2.01. The Kier molecular flexibility index (Phi) is 4.45. The number of rotatable bonds is 6. The molecule has 0 aliphatic rings. The van der Waals surface area contributed by atoms with Crippen molar-refractivity contribution in [1.82, 2.24) is 20.2 Å². The summed E-state index contributed by atoms with van der Waals surface area (Å²) < 4.78 is 1.58. The summed E-state index contributed by atoms with van der Waals surface area (Å²) in [5, 5.41) is 20.4. The number of hydrogen-bond acceptors (Lipinski definition) is 4. The largest absolute Gasteiger partial charge is 0.481 e. The minimum atomic E-state index is -0.842. The lowest BCUT2D eigenvalue weighted by Crippen LogP contribution is -2.19. The van der Waals surface area contributed by atoms with Crippen molar-refractivity contribution in [1.29, 1.82) is 0 Å². The van der Waals surface area contributed by atoms with E-state index in [-0.39, 0.29) is 0 Å². The fourth-order valence-electron chi connectivity index (χ4n) is 2.01. The number of carboxylic acids is 1. The Hall–Kier alpha value is -2.24. The van der Waals surface area contributed by atoms with Gasteiger partial charge in [0.15, 0.2) is 5.82 Å². The predicted molar refractivity (Wildman–Crippen MR) is 73.2 cm³/mol. The standard InChI is InChI=1S/C14H18N4O2/c1-10-4-3-5-12(8-10)6-7-13-15-16-17-18(13)9-11(2)14(19)20/h3-5,8,11H,6-7,9H2,1-2H3,(H,19,20). The first-order chi connectivity index (χ1) is 9.56. The number of carbonyl (C=O) groups is 1. The minimum Gasteiger partial charge on any atom is -0.481 e. The van der Waals surface area contributed by atoms with Crippen molar-refractivity contribution in [3.05, 3.63) is 41.2 Å². The highest BCUT2D eigenvalue weighted by Crippen LogP contribution is 2.08. The summed E-state index contributed by atoms with van der Waals surface area (Å²) in [7, 11) is 0. The third kappa shape index (κ3) is 3.63. The summed E-state index contributed by atoms with van der Waals surface area (Å²) >= 11 is 0. The first-order valence-corrected chi connectivity index (χ1v) is 6.59. The molecule has 1 heterocycles. The smallest absolute Gasteiger partial charge is 0.308 e. The van der Waals surface area contributed by atoms with E-state index in [1.54, 1.807) is 11.6 Å². The Labute approximate surface area is 117 Å². The molecule has 0 saturated heterocycles. The number of aliphatic carboxylic acids is 1. The number of carboxylic acid groups (broad SMARTS) is 1. The lowest BCUT2D eigenvalue weighted by atomic mass is 10.1. The molecular formula is C14H18N4O2. The lowest BCUT2D eigenvalue weighted by molar-refractivity contribution is -0.141. The topological polar surface area (TPSA) is 80.9 Å². The van der Waals surface area contributed by atoms with Gasteiger partial charge in [0, 0.05) is 6.42 Å². The SMILES string of the molecule is Cc1cccc(CCc2nnnn2CC(C)C(=O)O)c1. The average molecular weight is 274 g/mol. The molecule has 106 valence electrons. The van der Waals surface area contributed by atoms with Crippen LogP contribution in [0.5, 0.6) is 0 Å². The molecule has 1 atom stereocenters. The van der Waals surface area contributed by atoms with E-state index in [2.05, 4.69) is 40.6 Å². The van der Waals surface area contributed by atoms with Crippen LogP contribution in [0, 0.1) is 12.8 Å². The quantitative estimate of drug-likeness (QED) is 0.863. The van der Waals surface area contributed by atoms with Gasteiger partial charge in [-0.2, -0.15) is 0 Å². The maximum Gasteiger partial charge on any atom is 0.308 e. The second-order valence-electron chi connectivity index (χ2n) is 5.01. The maximum atomic E-state index is 10.9. The van der Waals surface area contributed by atoms with E-state index < -0.39 is 11.9 Å². The Balaban J connectivity index is 2.00. The number of nitrogens with zero attached hydrogens (tertiary/aromatic N) is 4. The number of hydrogen-bond donors (Lipinski definition) is 1. The highest BCUT2D eigenvalue weighted by molar-refractivity contribution is 5.69. The van der Waals surface area contributed by atoms with Crippen LogP contribution >= 0.6 is 0 Å². The second kappa shape index (κ2) is 6.27. The van der Waals surface area contributed by atoms with Crippen LogP contribution in [0.4, 0.5) is 0 Å². The molecule has 0 aliphatic carbocycles. The number of aromatic nitrogens is 4. The van der Waals surface area contributed by atoms with Crippen LogP contribution in [0.25, 0.3) is 0 Å². The van der Waals surface area contributed by atoms with Crippen LogP contribution in [0.1, 0.15) is 23.9 Å². The van der Waals surface area contributed by atoms with Crippen molar-refractivity contribution in [2.75, 3.05) is 0 Å². The summed E-state index contributed by atoms with van der Waals surface area (Å²) in [6.07, 6.45) is 1.53. The Morgan fingerprint density at radius 1 is 1.40 bits per heavy atom. The van der Waals surface area contributed by atoms with Crippen LogP contribution in [0.15, 0.2) is 24.3 Å². The maximum absolute atomic E-state index is 10.9. The van der Waals surface area contributed by atoms with Gasteiger partial charge >= 0.3 is 5.97 Å². The van der Waals surface area contributed by atoms with Gasteiger partial charge in [-0.15, -0.1) is 5.10 Å². The molecule has 1 N–H and O–H groups in total. The number of tetrazole rings is 1. The van der Waals surface area contributed by atoms with Crippen LogP contribution < -0.4 is 0 Å². The van der Waals surface area contributed by atoms with Crippen LogP contribution in [0.2, 0.25) is 0 Å².